The van der Waals surface area contributed by atoms with Gasteiger partial charge in [-0.25, -0.2) is 4.79 Å². The summed E-state index contributed by atoms with van der Waals surface area (Å²) in [6.45, 7) is 0. The zero-order valence-electron chi connectivity index (χ0n) is 8.51. The predicted octanol–water partition coefficient (Wildman–Crippen LogP) is 3.83. The number of nitrogen functional groups attached to an aromatic ring is 1. The van der Waals surface area contributed by atoms with Gasteiger partial charge in [0.25, 0.3) is 0 Å². The molecule has 0 amide bonds. The van der Waals surface area contributed by atoms with E-state index >= 15 is 0 Å². The van der Waals surface area contributed by atoms with Gasteiger partial charge in [0.2, 0.25) is 0 Å². The van der Waals surface area contributed by atoms with Crippen LogP contribution in [0.15, 0.2) is 39.4 Å². The fourth-order valence-electron chi connectivity index (χ4n) is 1.26. The maximum absolute atomic E-state index is 11.0. The molecule has 6 heteroatoms. The monoisotopic (exact) mass is 285 g/mol. The van der Waals surface area contributed by atoms with Gasteiger partial charge in [-0.15, -0.1) is 11.3 Å². The van der Waals surface area contributed by atoms with Crippen LogP contribution in [-0.4, -0.2) is 11.1 Å². The third kappa shape index (κ3) is 2.74. The Morgan fingerprint density at radius 1 is 1.35 bits per heavy atom. The van der Waals surface area contributed by atoms with Crippen molar-refractivity contribution in [1.82, 2.24) is 0 Å². The third-order valence-corrected chi connectivity index (χ3v) is 4.43. The molecule has 1 aromatic carbocycles. The normalized spacial score (nSPS) is 10.4. The lowest BCUT2D eigenvalue weighted by Gasteiger charge is -2.05. The summed E-state index contributed by atoms with van der Waals surface area (Å²) >= 11 is 8.33. The van der Waals surface area contributed by atoms with Gasteiger partial charge in [-0.3, -0.25) is 0 Å². The molecule has 1 heterocycles. The Hall–Kier alpha value is -1.17. The summed E-state index contributed by atoms with van der Waals surface area (Å²) in [5, 5.41) is 11.3. The molecule has 88 valence electrons. The van der Waals surface area contributed by atoms with Gasteiger partial charge in [-0.1, -0.05) is 23.4 Å². The first-order chi connectivity index (χ1) is 8.08. The Kier molecular flexibility index (Phi) is 3.61. The highest BCUT2D eigenvalue weighted by Crippen LogP contribution is 2.37. The second-order valence-corrected chi connectivity index (χ2v) is 5.64. The van der Waals surface area contributed by atoms with Gasteiger partial charge in [0.15, 0.2) is 0 Å². The molecule has 17 heavy (non-hydrogen) atoms. The number of thiophene rings is 1. The number of anilines is 1. The quantitative estimate of drug-likeness (QED) is 0.841. The number of hydrogen-bond acceptors (Lipinski definition) is 4. The van der Waals surface area contributed by atoms with E-state index in [1.807, 2.05) is 0 Å². The van der Waals surface area contributed by atoms with Crippen molar-refractivity contribution >= 4 is 46.4 Å². The molecule has 0 radical (unpaired) electrons. The Balaban J connectivity index is 2.31. The van der Waals surface area contributed by atoms with Gasteiger partial charge < -0.3 is 10.8 Å². The van der Waals surface area contributed by atoms with Crippen molar-refractivity contribution in [3.63, 3.8) is 0 Å². The van der Waals surface area contributed by atoms with Crippen LogP contribution < -0.4 is 5.73 Å². The molecule has 0 fully saturated rings. The van der Waals surface area contributed by atoms with E-state index < -0.39 is 5.97 Å². The molecule has 0 saturated heterocycles. The van der Waals surface area contributed by atoms with Crippen LogP contribution in [0.1, 0.15) is 9.67 Å². The number of carboxylic acid groups (broad SMARTS) is 1. The molecule has 3 nitrogen and oxygen atoms in total. The highest BCUT2D eigenvalue weighted by atomic mass is 35.5. The molecular weight excluding hydrogens is 278 g/mol. The van der Waals surface area contributed by atoms with E-state index in [2.05, 4.69) is 0 Å². The Bertz CT molecular complexity index is 568. The van der Waals surface area contributed by atoms with E-state index in [1.54, 1.807) is 29.6 Å². The molecule has 2 rings (SSSR count). The number of carboxylic acids is 1. The Morgan fingerprint density at radius 2 is 2.12 bits per heavy atom. The highest BCUT2D eigenvalue weighted by Gasteiger charge is 2.13. The summed E-state index contributed by atoms with van der Waals surface area (Å²) < 4.78 is 0. The van der Waals surface area contributed by atoms with Crippen LogP contribution >= 0.6 is 34.7 Å². The first-order valence-electron chi connectivity index (χ1n) is 4.61. The summed E-state index contributed by atoms with van der Waals surface area (Å²) in [5.74, 6) is -0.921. The summed E-state index contributed by atoms with van der Waals surface area (Å²) in [5.41, 5.74) is 6.36. The molecule has 0 spiro atoms. The van der Waals surface area contributed by atoms with Gasteiger partial charge in [-0.05, 0) is 29.6 Å². The Labute approximate surface area is 111 Å². The zero-order chi connectivity index (χ0) is 12.4. The molecule has 0 saturated carbocycles. The first kappa shape index (κ1) is 12.3. The first-order valence-corrected chi connectivity index (χ1v) is 6.69. The Morgan fingerprint density at radius 3 is 2.76 bits per heavy atom. The van der Waals surface area contributed by atoms with Crippen LogP contribution in [0.5, 0.6) is 0 Å². The second-order valence-electron chi connectivity index (χ2n) is 3.20. The van der Waals surface area contributed by atoms with Crippen molar-refractivity contribution < 1.29 is 9.90 Å². The molecule has 0 unspecified atom stereocenters. The fourth-order valence-corrected chi connectivity index (χ4v) is 3.29. The maximum Gasteiger partial charge on any atom is 0.347 e. The van der Waals surface area contributed by atoms with E-state index in [-0.39, 0.29) is 0 Å². The van der Waals surface area contributed by atoms with Crippen LogP contribution in [0.3, 0.4) is 0 Å². The molecule has 3 N–H and O–H groups in total. The number of nitrogens with two attached hydrogens (primary N) is 1. The van der Waals surface area contributed by atoms with E-state index in [1.165, 1.54) is 23.1 Å². The van der Waals surface area contributed by atoms with Gasteiger partial charge >= 0.3 is 5.97 Å². The van der Waals surface area contributed by atoms with Crippen molar-refractivity contribution in [2.75, 3.05) is 5.73 Å². The minimum absolute atomic E-state index is 0.323. The predicted molar refractivity (Wildman–Crippen MR) is 71.3 cm³/mol. The van der Waals surface area contributed by atoms with Crippen molar-refractivity contribution in [3.05, 3.63) is 39.5 Å². The third-order valence-electron chi connectivity index (χ3n) is 2.02. The fraction of sp³-hybridized carbons (Fsp3) is 0. The number of aromatic carboxylic acids is 1. The van der Waals surface area contributed by atoms with Crippen LogP contribution in [-0.2, 0) is 0 Å². The lowest BCUT2D eigenvalue weighted by atomic mass is 10.3. The van der Waals surface area contributed by atoms with Crippen molar-refractivity contribution in [2.45, 2.75) is 9.79 Å². The minimum atomic E-state index is -0.921. The molecule has 1 aromatic heterocycles. The number of hydrogen-bond donors (Lipinski definition) is 2. The average molecular weight is 286 g/mol. The molecule has 0 aliphatic heterocycles. The van der Waals surface area contributed by atoms with Gasteiger partial charge in [0.1, 0.15) is 4.88 Å². The minimum Gasteiger partial charge on any atom is -0.477 e. The van der Waals surface area contributed by atoms with E-state index in [0.717, 1.165) is 4.90 Å². The number of rotatable bonds is 3. The van der Waals surface area contributed by atoms with Crippen molar-refractivity contribution in [1.29, 1.82) is 0 Å². The van der Waals surface area contributed by atoms with Gasteiger partial charge in [0.05, 0.1) is 0 Å². The SMILES string of the molecule is Nc1cc(Cl)ccc1Sc1ccsc1C(=O)O. The number of carbonyl (C=O) groups is 1. The molecular formula is C11H8ClNO2S2. The molecule has 0 aliphatic rings. The highest BCUT2D eigenvalue weighted by molar-refractivity contribution is 7.99. The zero-order valence-corrected chi connectivity index (χ0v) is 10.9. The molecule has 0 bridgehead atoms. The summed E-state index contributed by atoms with van der Waals surface area (Å²) in [6.07, 6.45) is 0. The van der Waals surface area contributed by atoms with Crippen LogP contribution in [0, 0.1) is 0 Å². The number of halogens is 1. The second kappa shape index (κ2) is 5.00. The largest absolute Gasteiger partial charge is 0.477 e. The smallest absolute Gasteiger partial charge is 0.347 e. The topological polar surface area (TPSA) is 63.3 Å². The standard InChI is InChI=1S/C11H8ClNO2S2/c12-6-1-2-8(7(13)5-6)17-9-3-4-16-10(9)11(14)15/h1-5H,13H2,(H,14,15). The summed E-state index contributed by atoms with van der Waals surface area (Å²) in [7, 11) is 0. The molecule has 0 aliphatic carbocycles. The van der Waals surface area contributed by atoms with Gasteiger partial charge in [0, 0.05) is 20.5 Å². The van der Waals surface area contributed by atoms with E-state index in [4.69, 9.17) is 22.4 Å². The average Bonchev–Trinajstić information content (AvgIpc) is 2.70. The maximum atomic E-state index is 11.0. The van der Waals surface area contributed by atoms with Crippen LogP contribution in [0.25, 0.3) is 0 Å². The van der Waals surface area contributed by atoms with Crippen molar-refractivity contribution in [2.24, 2.45) is 0 Å². The summed E-state index contributed by atoms with van der Waals surface area (Å²) in [4.78, 5) is 12.8. The number of benzene rings is 1. The molecule has 2 aromatic rings. The van der Waals surface area contributed by atoms with E-state index in [0.29, 0.717) is 20.5 Å². The lowest BCUT2D eigenvalue weighted by molar-refractivity contribution is 0.0699. The molecule has 0 atom stereocenters. The lowest BCUT2D eigenvalue weighted by Crippen LogP contribution is -1.94. The van der Waals surface area contributed by atoms with Crippen LogP contribution in [0.2, 0.25) is 5.02 Å². The van der Waals surface area contributed by atoms with E-state index in [9.17, 15) is 4.79 Å². The van der Waals surface area contributed by atoms with Crippen molar-refractivity contribution in [3.8, 4) is 0 Å². The van der Waals surface area contributed by atoms with Crippen LogP contribution in [0.4, 0.5) is 5.69 Å². The summed E-state index contributed by atoms with van der Waals surface area (Å²) in [6, 6.07) is 6.93. The van der Waals surface area contributed by atoms with Gasteiger partial charge in [-0.2, -0.15) is 0 Å².